The van der Waals surface area contributed by atoms with Crippen LogP contribution in [0.3, 0.4) is 0 Å². The van der Waals surface area contributed by atoms with Gasteiger partial charge in [-0.15, -0.1) is 0 Å². The molecule has 5 atom stereocenters. The summed E-state index contributed by atoms with van der Waals surface area (Å²) in [7, 11) is 1.42. The van der Waals surface area contributed by atoms with Crippen molar-refractivity contribution in [3.63, 3.8) is 0 Å². The van der Waals surface area contributed by atoms with Gasteiger partial charge in [-0.25, -0.2) is 0 Å². The summed E-state index contributed by atoms with van der Waals surface area (Å²) in [4.78, 5) is 0. The lowest BCUT2D eigenvalue weighted by molar-refractivity contribution is -0.253. The Morgan fingerprint density at radius 1 is 1.42 bits per heavy atom. The van der Waals surface area contributed by atoms with E-state index in [4.69, 9.17) is 15.2 Å². The van der Waals surface area contributed by atoms with E-state index in [9.17, 15) is 10.2 Å². The van der Waals surface area contributed by atoms with Crippen LogP contribution in [0.5, 0.6) is 0 Å². The Balaban J connectivity index is 2.65. The molecule has 1 heterocycles. The van der Waals surface area contributed by atoms with Crippen LogP contribution in [0, 0.1) is 0 Å². The van der Waals surface area contributed by atoms with E-state index in [-0.39, 0.29) is 0 Å². The normalized spacial score (nSPS) is 49.2. The lowest BCUT2D eigenvalue weighted by Crippen LogP contribution is -2.61. The van der Waals surface area contributed by atoms with Gasteiger partial charge in [0.2, 0.25) is 0 Å². The maximum absolute atomic E-state index is 9.42. The van der Waals surface area contributed by atoms with Crippen LogP contribution < -0.4 is 5.73 Å². The van der Waals surface area contributed by atoms with E-state index in [1.807, 2.05) is 0 Å². The predicted octanol–water partition coefficient (Wildman–Crippen LogP) is -1.57. The molecule has 72 valence electrons. The number of aliphatic hydroxyl groups excluding tert-OH is 2. The first kappa shape index (κ1) is 9.88. The largest absolute Gasteiger partial charge is 0.389 e. The Bertz CT molecular complexity index is 154. The van der Waals surface area contributed by atoms with E-state index in [1.165, 1.54) is 7.11 Å². The molecule has 1 fully saturated rings. The Hall–Kier alpha value is -0.200. The minimum absolute atomic E-state index is 0.457. The van der Waals surface area contributed by atoms with E-state index in [2.05, 4.69) is 0 Å². The average Bonchev–Trinajstić information content (AvgIpc) is 2.01. The molecule has 1 aliphatic rings. The van der Waals surface area contributed by atoms with Crippen LogP contribution in [-0.2, 0) is 9.47 Å². The Morgan fingerprint density at radius 2 is 2.00 bits per heavy atom. The highest BCUT2D eigenvalue weighted by molar-refractivity contribution is 4.90. The fraction of sp³-hybridized carbons (Fsp3) is 1.00. The molecule has 0 aromatic rings. The van der Waals surface area contributed by atoms with Gasteiger partial charge in [0.05, 0.1) is 18.2 Å². The second-order valence-electron chi connectivity index (χ2n) is 3.00. The van der Waals surface area contributed by atoms with Gasteiger partial charge < -0.3 is 25.4 Å². The fourth-order valence-corrected chi connectivity index (χ4v) is 1.35. The Morgan fingerprint density at radius 3 is 2.50 bits per heavy atom. The molecule has 0 bridgehead atoms. The third-order valence-electron chi connectivity index (χ3n) is 2.16. The molecule has 0 radical (unpaired) electrons. The first-order valence-electron chi connectivity index (χ1n) is 3.88. The number of nitrogens with two attached hydrogens (primary N) is 1. The summed E-state index contributed by atoms with van der Waals surface area (Å²) >= 11 is 0. The first-order chi connectivity index (χ1) is 5.57. The Kier molecular flexibility index (Phi) is 3.03. The number of aliphatic hydroxyl groups is 2. The lowest BCUT2D eigenvalue weighted by atomic mass is 9.98. The van der Waals surface area contributed by atoms with Gasteiger partial charge in [0.15, 0.2) is 6.29 Å². The quantitative estimate of drug-likeness (QED) is 0.450. The van der Waals surface area contributed by atoms with Crippen molar-refractivity contribution >= 4 is 0 Å². The molecule has 0 aromatic heterocycles. The van der Waals surface area contributed by atoms with Gasteiger partial charge in [0.25, 0.3) is 0 Å². The van der Waals surface area contributed by atoms with E-state index in [0.717, 1.165) is 0 Å². The summed E-state index contributed by atoms with van der Waals surface area (Å²) in [5, 5.41) is 18.7. The summed E-state index contributed by atoms with van der Waals surface area (Å²) in [6.45, 7) is 1.65. The minimum atomic E-state index is -1.05. The summed E-state index contributed by atoms with van der Waals surface area (Å²) in [5.74, 6) is 0. The van der Waals surface area contributed by atoms with Crippen molar-refractivity contribution in [2.75, 3.05) is 7.11 Å². The van der Waals surface area contributed by atoms with Crippen molar-refractivity contribution < 1.29 is 19.7 Å². The topological polar surface area (TPSA) is 84.9 Å². The van der Waals surface area contributed by atoms with E-state index >= 15 is 0 Å². The molecule has 5 heteroatoms. The predicted molar refractivity (Wildman–Crippen MR) is 41.3 cm³/mol. The molecule has 0 saturated carbocycles. The SMILES string of the molecule is CO[C@H]1[C@H](N)[C@@H](O)[C@H](C)O[C@H]1O. The zero-order valence-corrected chi connectivity index (χ0v) is 7.18. The van der Waals surface area contributed by atoms with Crippen LogP contribution in [0.25, 0.3) is 0 Å². The number of methoxy groups -OCH3 is 1. The monoisotopic (exact) mass is 177 g/mol. The molecule has 0 spiro atoms. The van der Waals surface area contributed by atoms with Crippen LogP contribution >= 0.6 is 0 Å². The number of hydrogen-bond acceptors (Lipinski definition) is 5. The molecule has 0 aliphatic carbocycles. The summed E-state index contributed by atoms with van der Waals surface area (Å²) in [6, 6.07) is -0.603. The summed E-state index contributed by atoms with van der Waals surface area (Å²) in [5.41, 5.74) is 5.60. The van der Waals surface area contributed by atoms with Crippen molar-refractivity contribution in [2.45, 2.75) is 37.6 Å². The van der Waals surface area contributed by atoms with Gasteiger partial charge in [-0.1, -0.05) is 0 Å². The molecular formula is C7H15NO4. The molecule has 12 heavy (non-hydrogen) atoms. The zero-order chi connectivity index (χ0) is 9.30. The first-order valence-corrected chi connectivity index (χ1v) is 3.88. The molecule has 1 saturated heterocycles. The lowest BCUT2D eigenvalue weighted by Gasteiger charge is -2.39. The maximum atomic E-state index is 9.42. The van der Waals surface area contributed by atoms with Crippen molar-refractivity contribution in [3.8, 4) is 0 Å². The van der Waals surface area contributed by atoms with Crippen molar-refractivity contribution in [1.29, 1.82) is 0 Å². The summed E-state index contributed by atoms with van der Waals surface area (Å²) < 4.78 is 9.85. The second-order valence-corrected chi connectivity index (χ2v) is 3.00. The van der Waals surface area contributed by atoms with Gasteiger partial charge in [0, 0.05) is 7.11 Å². The second kappa shape index (κ2) is 3.68. The van der Waals surface area contributed by atoms with Crippen molar-refractivity contribution in [2.24, 2.45) is 5.73 Å². The van der Waals surface area contributed by atoms with Gasteiger partial charge >= 0.3 is 0 Å². The standard InChI is InChI=1S/C7H15NO4/c1-3-5(9)4(8)6(11-2)7(10)12-3/h3-7,9-10H,8H2,1-2H3/t3-,4+,5-,6-,7+/m0/s1. The van der Waals surface area contributed by atoms with Gasteiger partial charge in [-0.3, -0.25) is 0 Å². The Labute approximate surface area is 71.1 Å². The van der Waals surface area contributed by atoms with Gasteiger partial charge in [-0.2, -0.15) is 0 Å². The van der Waals surface area contributed by atoms with Crippen molar-refractivity contribution in [1.82, 2.24) is 0 Å². The molecule has 1 rings (SSSR count). The smallest absolute Gasteiger partial charge is 0.183 e. The molecule has 5 nitrogen and oxygen atoms in total. The molecular weight excluding hydrogens is 162 g/mol. The number of ether oxygens (including phenoxy) is 2. The van der Waals surface area contributed by atoms with Gasteiger partial charge in [-0.05, 0) is 6.92 Å². The van der Waals surface area contributed by atoms with Crippen LogP contribution in [-0.4, -0.2) is 48.0 Å². The highest BCUT2D eigenvalue weighted by atomic mass is 16.6. The number of hydrogen-bond donors (Lipinski definition) is 3. The average molecular weight is 177 g/mol. The van der Waals surface area contributed by atoms with E-state index in [1.54, 1.807) is 6.92 Å². The highest BCUT2D eigenvalue weighted by Crippen LogP contribution is 2.19. The van der Waals surface area contributed by atoms with E-state index in [0.29, 0.717) is 0 Å². The number of rotatable bonds is 1. The van der Waals surface area contributed by atoms with Crippen LogP contribution in [0.2, 0.25) is 0 Å². The van der Waals surface area contributed by atoms with Crippen molar-refractivity contribution in [3.05, 3.63) is 0 Å². The van der Waals surface area contributed by atoms with Gasteiger partial charge in [0.1, 0.15) is 6.10 Å². The van der Waals surface area contributed by atoms with Crippen LogP contribution in [0.1, 0.15) is 6.92 Å². The minimum Gasteiger partial charge on any atom is -0.389 e. The maximum Gasteiger partial charge on any atom is 0.183 e. The molecule has 0 aromatic carbocycles. The summed E-state index contributed by atoms with van der Waals surface area (Å²) in [6.07, 6.45) is -2.96. The molecule has 4 N–H and O–H groups in total. The van der Waals surface area contributed by atoms with Crippen LogP contribution in [0.15, 0.2) is 0 Å². The van der Waals surface area contributed by atoms with E-state index < -0.39 is 30.6 Å². The highest BCUT2D eigenvalue weighted by Gasteiger charge is 2.40. The molecule has 1 aliphatic heterocycles. The third-order valence-corrected chi connectivity index (χ3v) is 2.16. The molecule has 0 unspecified atom stereocenters. The fourth-order valence-electron chi connectivity index (χ4n) is 1.35. The molecule has 0 amide bonds. The van der Waals surface area contributed by atoms with Crippen LogP contribution in [0.4, 0.5) is 0 Å². The third kappa shape index (κ3) is 1.60. The zero-order valence-electron chi connectivity index (χ0n) is 7.18.